The van der Waals surface area contributed by atoms with Crippen molar-refractivity contribution in [2.75, 3.05) is 17.6 Å². The highest BCUT2D eigenvalue weighted by atomic mass is 32.2. The zero-order chi connectivity index (χ0) is 22.7. The van der Waals surface area contributed by atoms with E-state index in [0.717, 1.165) is 59.8 Å². The van der Waals surface area contributed by atoms with E-state index < -0.39 is 0 Å². The molecular formula is C23H42N4OS2. The highest BCUT2D eigenvalue weighted by molar-refractivity contribution is 8.03. The first-order chi connectivity index (χ1) is 14.3. The van der Waals surface area contributed by atoms with E-state index in [2.05, 4.69) is 32.2 Å². The third-order valence-electron chi connectivity index (χ3n) is 5.89. The lowest BCUT2D eigenvalue weighted by molar-refractivity contribution is 0.299. The van der Waals surface area contributed by atoms with E-state index in [4.69, 9.17) is 18.0 Å². The van der Waals surface area contributed by atoms with Crippen molar-refractivity contribution >= 4 is 29.7 Å². The maximum Gasteiger partial charge on any atom is 0.328 e. The molecule has 30 heavy (non-hydrogen) atoms. The molecule has 3 N–H and O–H groups in total. The van der Waals surface area contributed by atoms with Crippen molar-refractivity contribution in [3.8, 4) is 0 Å². The summed E-state index contributed by atoms with van der Waals surface area (Å²) < 4.78 is 3.72. The summed E-state index contributed by atoms with van der Waals surface area (Å²) in [6, 6.07) is 0. The Morgan fingerprint density at radius 1 is 1.20 bits per heavy atom. The van der Waals surface area contributed by atoms with Crippen molar-refractivity contribution in [1.29, 1.82) is 0 Å². The third kappa shape index (κ3) is 7.89. The maximum absolute atomic E-state index is 12.3. The van der Waals surface area contributed by atoms with E-state index >= 15 is 0 Å². The molecule has 0 spiro atoms. The van der Waals surface area contributed by atoms with Crippen molar-refractivity contribution in [3.05, 3.63) is 31.9 Å². The summed E-state index contributed by atoms with van der Waals surface area (Å²) in [5.74, 6) is 2.52. The van der Waals surface area contributed by atoms with Gasteiger partial charge in [-0.2, -0.15) is 0 Å². The first kappa shape index (κ1) is 27.0. The Morgan fingerprint density at radius 2 is 1.90 bits per heavy atom. The van der Waals surface area contributed by atoms with Crippen LogP contribution in [0.5, 0.6) is 0 Å². The van der Waals surface area contributed by atoms with Gasteiger partial charge in [0, 0.05) is 19.8 Å². The first-order valence-corrected chi connectivity index (χ1v) is 12.7. The van der Waals surface area contributed by atoms with Gasteiger partial charge in [0.2, 0.25) is 0 Å². The van der Waals surface area contributed by atoms with Crippen LogP contribution in [0.1, 0.15) is 71.4 Å². The molecule has 0 fully saturated rings. The topological polar surface area (TPSA) is 65.0 Å². The van der Waals surface area contributed by atoms with Gasteiger partial charge in [-0.05, 0) is 56.7 Å². The van der Waals surface area contributed by atoms with Gasteiger partial charge in [-0.1, -0.05) is 58.3 Å². The van der Waals surface area contributed by atoms with Crippen LogP contribution in [0.15, 0.2) is 15.9 Å². The van der Waals surface area contributed by atoms with Crippen LogP contribution < -0.4 is 16.7 Å². The number of anilines is 1. The molecule has 1 heterocycles. The number of hydrogen-bond donors (Lipinski definition) is 2. The summed E-state index contributed by atoms with van der Waals surface area (Å²) >= 11 is 7.40. The molecule has 1 aromatic heterocycles. The van der Waals surface area contributed by atoms with Gasteiger partial charge in [-0.15, -0.1) is 11.8 Å². The monoisotopic (exact) mass is 454 g/mol. The van der Waals surface area contributed by atoms with Gasteiger partial charge in [0.1, 0.15) is 4.64 Å². The van der Waals surface area contributed by atoms with Crippen molar-refractivity contribution in [2.24, 2.45) is 31.7 Å². The Bertz CT molecular complexity index is 798. The molecule has 0 amide bonds. The minimum absolute atomic E-state index is 0.0954. The summed E-state index contributed by atoms with van der Waals surface area (Å²) in [7, 11) is 3.52. The van der Waals surface area contributed by atoms with Gasteiger partial charge in [-0.3, -0.25) is 9.13 Å². The van der Waals surface area contributed by atoms with Crippen LogP contribution in [-0.4, -0.2) is 21.4 Å². The molecule has 0 saturated carbocycles. The van der Waals surface area contributed by atoms with Gasteiger partial charge >= 0.3 is 5.69 Å². The summed E-state index contributed by atoms with van der Waals surface area (Å²) in [4.78, 5) is 12.3. The largest absolute Gasteiger partial charge is 0.347 e. The van der Waals surface area contributed by atoms with Crippen molar-refractivity contribution < 1.29 is 0 Å². The number of allylic oxidation sites excluding steroid dienone is 1. The molecule has 0 aliphatic heterocycles. The number of hydrogen-bond acceptors (Lipinski definition) is 5. The average Bonchev–Trinajstić information content (AvgIpc) is 2.73. The molecule has 0 aromatic carbocycles. The second-order valence-electron chi connectivity index (χ2n) is 8.24. The van der Waals surface area contributed by atoms with E-state index in [1.165, 1.54) is 30.3 Å². The van der Waals surface area contributed by atoms with Crippen molar-refractivity contribution in [1.82, 2.24) is 9.13 Å². The van der Waals surface area contributed by atoms with Gasteiger partial charge in [0.15, 0.2) is 0 Å². The van der Waals surface area contributed by atoms with Gasteiger partial charge < -0.3 is 11.1 Å². The number of nitrogens with zero attached hydrogens (tertiary/aromatic N) is 2. The molecule has 0 radical (unpaired) electrons. The second kappa shape index (κ2) is 14.1. The van der Waals surface area contributed by atoms with Gasteiger partial charge in [0.25, 0.3) is 0 Å². The van der Waals surface area contributed by atoms with Crippen LogP contribution in [0, 0.1) is 23.4 Å². The molecule has 0 saturated heterocycles. The van der Waals surface area contributed by atoms with E-state index in [-0.39, 0.29) is 5.69 Å². The molecule has 172 valence electrons. The number of thioether (sulfide) groups is 1. The minimum atomic E-state index is -0.0954. The van der Waals surface area contributed by atoms with Crippen LogP contribution in [0.4, 0.5) is 5.69 Å². The predicted octanol–water partition coefficient (Wildman–Crippen LogP) is 5.73. The lowest BCUT2D eigenvalue weighted by Crippen LogP contribution is -2.30. The second-order valence-corrected chi connectivity index (χ2v) is 9.77. The number of unbranched alkanes of at least 4 members (excludes halogenated alkanes) is 1. The zero-order valence-electron chi connectivity index (χ0n) is 19.8. The Labute approximate surface area is 192 Å². The third-order valence-corrected chi connectivity index (χ3v) is 7.44. The molecule has 1 aromatic rings. The van der Waals surface area contributed by atoms with Crippen LogP contribution >= 0.6 is 24.0 Å². The Hall–Kier alpha value is -1.05. The summed E-state index contributed by atoms with van der Waals surface area (Å²) in [5, 5.41) is 4.66. The van der Waals surface area contributed by atoms with E-state index in [1.54, 1.807) is 18.7 Å². The molecule has 5 nitrogen and oxygen atoms in total. The summed E-state index contributed by atoms with van der Waals surface area (Å²) in [6.07, 6.45) is 10.4. The van der Waals surface area contributed by atoms with Crippen molar-refractivity contribution in [2.45, 2.75) is 72.6 Å². The van der Waals surface area contributed by atoms with Crippen LogP contribution in [0.3, 0.4) is 0 Å². The lowest BCUT2D eigenvalue weighted by atomic mass is 9.84. The molecule has 2 unspecified atom stereocenters. The number of rotatable bonds is 14. The fourth-order valence-corrected chi connectivity index (χ4v) is 5.00. The molecule has 0 aliphatic rings. The molecule has 0 bridgehead atoms. The van der Waals surface area contributed by atoms with E-state index in [1.807, 2.05) is 18.7 Å². The van der Waals surface area contributed by atoms with E-state index in [0.29, 0.717) is 4.64 Å². The Morgan fingerprint density at radius 3 is 2.50 bits per heavy atom. The Kier molecular flexibility index (Phi) is 12.7. The van der Waals surface area contributed by atoms with Crippen LogP contribution in [0.2, 0.25) is 0 Å². The normalized spacial score (nSPS) is 14.0. The number of nitrogens with two attached hydrogens (primary N) is 1. The fraction of sp³-hybridized carbons (Fsp3) is 0.739. The maximum atomic E-state index is 12.3. The quantitative estimate of drug-likeness (QED) is 0.278. The standard InChI is InChI=1S/C23H42N4OS2/c1-7-9-13-20(25-21-18(4)26(5)23(28)27(6)22(21)29)30-16-10-12-19(14-15-24)17(3)11-8-2/h13,17,19,25H,7-12,14-16,24H2,1-6H3/b20-13-. The molecule has 1 rings (SSSR count). The van der Waals surface area contributed by atoms with Gasteiger partial charge in [-0.25, -0.2) is 4.79 Å². The number of aromatic nitrogens is 2. The Balaban J connectivity index is 2.84. The predicted molar refractivity (Wildman–Crippen MR) is 136 cm³/mol. The highest BCUT2D eigenvalue weighted by Gasteiger charge is 2.16. The minimum Gasteiger partial charge on any atom is -0.347 e. The zero-order valence-corrected chi connectivity index (χ0v) is 21.4. The number of nitrogens with one attached hydrogen (secondary N) is 1. The highest BCUT2D eigenvalue weighted by Crippen LogP contribution is 2.28. The van der Waals surface area contributed by atoms with Crippen molar-refractivity contribution in [3.63, 3.8) is 0 Å². The van der Waals surface area contributed by atoms with Crippen LogP contribution in [0.25, 0.3) is 0 Å². The summed E-state index contributed by atoms with van der Waals surface area (Å²) in [6.45, 7) is 9.53. The average molecular weight is 455 g/mol. The molecule has 2 atom stereocenters. The fourth-order valence-electron chi connectivity index (χ4n) is 3.78. The molecular weight excluding hydrogens is 412 g/mol. The molecule has 0 aliphatic carbocycles. The van der Waals surface area contributed by atoms with Gasteiger partial charge in [0.05, 0.1) is 10.7 Å². The van der Waals surface area contributed by atoms with Crippen LogP contribution in [-0.2, 0) is 14.1 Å². The summed E-state index contributed by atoms with van der Waals surface area (Å²) in [5.41, 5.74) is 7.48. The molecule has 7 heteroatoms. The SMILES string of the molecule is CCC/C=C(/Nc1c(C)n(C)c(=O)n(C)c1=S)SCCCC(CCN)C(C)CCC. The van der Waals surface area contributed by atoms with E-state index in [9.17, 15) is 4.79 Å². The smallest absolute Gasteiger partial charge is 0.328 e. The first-order valence-electron chi connectivity index (χ1n) is 11.3. The lowest BCUT2D eigenvalue weighted by Gasteiger charge is -2.23.